The van der Waals surface area contributed by atoms with Crippen LogP contribution in [-0.2, 0) is 6.42 Å². The highest BCUT2D eigenvalue weighted by molar-refractivity contribution is 6.05. The standard InChI is InChI=1S/C22H24N2O4/c1-4-14-12-21(25)24-18-13-16(8-9-17(14)18)23-22(26)15-7-10-19(27-5-2)20(11-15)28-6-3/h7-13H,4-6H2,1-3H3,(H,23,26)(H,24,25). The number of carbonyl (C=O) groups is 1. The molecule has 1 amide bonds. The number of carbonyl (C=O) groups excluding carboxylic acids is 1. The summed E-state index contributed by atoms with van der Waals surface area (Å²) in [6.07, 6.45) is 0.762. The van der Waals surface area contributed by atoms with E-state index in [0.29, 0.717) is 41.5 Å². The highest BCUT2D eigenvalue weighted by Crippen LogP contribution is 2.29. The summed E-state index contributed by atoms with van der Waals surface area (Å²) < 4.78 is 11.1. The van der Waals surface area contributed by atoms with Crippen molar-refractivity contribution in [3.05, 3.63) is 63.9 Å². The van der Waals surface area contributed by atoms with Crippen molar-refractivity contribution >= 4 is 22.5 Å². The fraction of sp³-hybridized carbons (Fsp3) is 0.273. The van der Waals surface area contributed by atoms with Crippen LogP contribution in [0.4, 0.5) is 5.69 Å². The zero-order valence-electron chi connectivity index (χ0n) is 16.3. The zero-order chi connectivity index (χ0) is 20.1. The third kappa shape index (κ3) is 4.17. The van der Waals surface area contributed by atoms with Crippen LogP contribution in [0.15, 0.2) is 47.3 Å². The van der Waals surface area contributed by atoms with Gasteiger partial charge in [0, 0.05) is 22.7 Å². The van der Waals surface area contributed by atoms with Gasteiger partial charge in [-0.15, -0.1) is 0 Å². The van der Waals surface area contributed by atoms with Crippen LogP contribution in [-0.4, -0.2) is 24.1 Å². The third-order valence-electron chi connectivity index (χ3n) is 4.37. The summed E-state index contributed by atoms with van der Waals surface area (Å²) in [7, 11) is 0. The average Bonchev–Trinajstić information content (AvgIpc) is 2.68. The predicted octanol–water partition coefficient (Wildman–Crippen LogP) is 4.14. The SMILES string of the molecule is CCOc1ccc(C(=O)Nc2ccc3c(CC)cc(=O)[nH]c3c2)cc1OCC. The Balaban J connectivity index is 1.88. The Hall–Kier alpha value is -3.28. The van der Waals surface area contributed by atoms with Crippen LogP contribution < -0.4 is 20.3 Å². The van der Waals surface area contributed by atoms with Gasteiger partial charge in [0.1, 0.15) is 0 Å². The molecule has 6 nitrogen and oxygen atoms in total. The molecule has 6 heteroatoms. The van der Waals surface area contributed by atoms with Gasteiger partial charge in [-0.05, 0) is 56.2 Å². The maximum atomic E-state index is 12.7. The molecule has 0 aliphatic carbocycles. The molecular formula is C22H24N2O4. The van der Waals surface area contributed by atoms with E-state index in [1.807, 2.05) is 32.9 Å². The van der Waals surface area contributed by atoms with E-state index in [9.17, 15) is 9.59 Å². The second-order valence-corrected chi connectivity index (χ2v) is 6.25. The molecular weight excluding hydrogens is 356 g/mol. The Morgan fingerprint density at radius 3 is 2.43 bits per heavy atom. The van der Waals surface area contributed by atoms with Crippen LogP contribution in [0, 0.1) is 0 Å². The number of aromatic nitrogens is 1. The van der Waals surface area contributed by atoms with Crippen molar-refractivity contribution in [2.45, 2.75) is 27.2 Å². The van der Waals surface area contributed by atoms with Gasteiger partial charge in [0.05, 0.1) is 18.7 Å². The van der Waals surface area contributed by atoms with Crippen LogP contribution in [0.5, 0.6) is 11.5 Å². The van der Waals surface area contributed by atoms with Gasteiger partial charge in [0.2, 0.25) is 5.56 Å². The van der Waals surface area contributed by atoms with E-state index >= 15 is 0 Å². The third-order valence-corrected chi connectivity index (χ3v) is 4.37. The van der Waals surface area contributed by atoms with Crippen molar-refractivity contribution < 1.29 is 14.3 Å². The number of aromatic amines is 1. The smallest absolute Gasteiger partial charge is 0.255 e. The van der Waals surface area contributed by atoms with E-state index in [0.717, 1.165) is 17.4 Å². The Morgan fingerprint density at radius 1 is 0.964 bits per heavy atom. The molecule has 0 aliphatic heterocycles. The summed E-state index contributed by atoms with van der Waals surface area (Å²) >= 11 is 0. The van der Waals surface area contributed by atoms with E-state index in [4.69, 9.17) is 9.47 Å². The fourth-order valence-electron chi connectivity index (χ4n) is 3.10. The maximum absolute atomic E-state index is 12.7. The number of benzene rings is 2. The summed E-state index contributed by atoms with van der Waals surface area (Å²) in [4.78, 5) is 27.3. The molecule has 146 valence electrons. The molecule has 3 aromatic rings. The second kappa shape index (κ2) is 8.61. The average molecular weight is 380 g/mol. The van der Waals surface area contributed by atoms with Crippen LogP contribution in [0.2, 0.25) is 0 Å². The van der Waals surface area contributed by atoms with E-state index in [1.54, 1.807) is 30.3 Å². The van der Waals surface area contributed by atoms with Crippen molar-refractivity contribution in [3.8, 4) is 11.5 Å². The van der Waals surface area contributed by atoms with Crippen LogP contribution in [0.25, 0.3) is 10.9 Å². The number of amides is 1. The molecule has 0 atom stereocenters. The van der Waals surface area contributed by atoms with Crippen molar-refractivity contribution in [1.82, 2.24) is 4.98 Å². The lowest BCUT2D eigenvalue weighted by molar-refractivity contribution is 0.102. The van der Waals surface area contributed by atoms with Gasteiger partial charge in [-0.1, -0.05) is 13.0 Å². The minimum absolute atomic E-state index is 0.152. The maximum Gasteiger partial charge on any atom is 0.255 e. The Morgan fingerprint density at radius 2 is 1.71 bits per heavy atom. The summed E-state index contributed by atoms with van der Waals surface area (Å²) in [5.41, 5.74) is 2.59. The highest BCUT2D eigenvalue weighted by Gasteiger charge is 2.12. The molecule has 0 aliphatic rings. The molecule has 3 rings (SSSR count). The van der Waals surface area contributed by atoms with Crippen molar-refractivity contribution in [2.75, 3.05) is 18.5 Å². The van der Waals surface area contributed by atoms with Gasteiger partial charge in [0.15, 0.2) is 11.5 Å². The first-order valence-electron chi connectivity index (χ1n) is 9.42. The van der Waals surface area contributed by atoms with Gasteiger partial charge in [-0.25, -0.2) is 0 Å². The van der Waals surface area contributed by atoms with Crippen LogP contribution >= 0.6 is 0 Å². The van der Waals surface area contributed by atoms with E-state index in [-0.39, 0.29) is 11.5 Å². The number of ether oxygens (including phenoxy) is 2. The van der Waals surface area contributed by atoms with Gasteiger partial charge >= 0.3 is 0 Å². The highest BCUT2D eigenvalue weighted by atomic mass is 16.5. The first-order chi connectivity index (χ1) is 13.5. The summed E-state index contributed by atoms with van der Waals surface area (Å²) in [5.74, 6) is 0.876. The van der Waals surface area contributed by atoms with E-state index < -0.39 is 0 Å². The Kier molecular flexibility index (Phi) is 5.99. The number of nitrogens with one attached hydrogen (secondary N) is 2. The molecule has 2 aromatic carbocycles. The molecule has 0 saturated heterocycles. The quantitative estimate of drug-likeness (QED) is 0.645. The number of pyridine rings is 1. The molecule has 0 bridgehead atoms. The van der Waals surface area contributed by atoms with Crippen LogP contribution in [0.1, 0.15) is 36.7 Å². The summed E-state index contributed by atoms with van der Waals surface area (Å²) in [5, 5.41) is 3.84. The fourth-order valence-corrected chi connectivity index (χ4v) is 3.10. The monoisotopic (exact) mass is 380 g/mol. The van der Waals surface area contributed by atoms with Crippen molar-refractivity contribution in [3.63, 3.8) is 0 Å². The first kappa shape index (κ1) is 19.5. The normalized spacial score (nSPS) is 10.7. The van der Waals surface area contributed by atoms with Crippen molar-refractivity contribution in [1.29, 1.82) is 0 Å². The molecule has 0 radical (unpaired) electrons. The first-order valence-corrected chi connectivity index (χ1v) is 9.42. The largest absolute Gasteiger partial charge is 0.490 e. The molecule has 28 heavy (non-hydrogen) atoms. The lowest BCUT2D eigenvalue weighted by Crippen LogP contribution is -2.13. The molecule has 0 fully saturated rings. The minimum atomic E-state index is -0.266. The predicted molar refractivity (Wildman–Crippen MR) is 111 cm³/mol. The Bertz CT molecular complexity index is 1060. The number of hydrogen-bond acceptors (Lipinski definition) is 4. The number of rotatable bonds is 7. The molecule has 1 aromatic heterocycles. The summed E-state index contributed by atoms with van der Waals surface area (Å²) in [6.45, 7) is 6.77. The second-order valence-electron chi connectivity index (χ2n) is 6.25. The van der Waals surface area contributed by atoms with E-state index in [2.05, 4.69) is 10.3 Å². The Labute approximate surface area is 163 Å². The molecule has 0 unspecified atom stereocenters. The lowest BCUT2D eigenvalue weighted by Gasteiger charge is -2.13. The molecule has 1 heterocycles. The zero-order valence-corrected chi connectivity index (χ0v) is 16.3. The number of aryl methyl sites for hydroxylation is 1. The topological polar surface area (TPSA) is 80.4 Å². The minimum Gasteiger partial charge on any atom is -0.490 e. The van der Waals surface area contributed by atoms with Gasteiger partial charge in [-0.2, -0.15) is 0 Å². The number of anilines is 1. The van der Waals surface area contributed by atoms with Crippen LogP contribution in [0.3, 0.4) is 0 Å². The molecule has 0 spiro atoms. The van der Waals surface area contributed by atoms with Gasteiger partial charge in [0.25, 0.3) is 5.91 Å². The van der Waals surface area contributed by atoms with E-state index in [1.165, 1.54) is 0 Å². The molecule has 0 saturated carbocycles. The van der Waals surface area contributed by atoms with Gasteiger partial charge in [-0.3, -0.25) is 9.59 Å². The molecule has 2 N–H and O–H groups in total. The summed E-state index contributed by atoms with van der Waals surface area (Å²) in [6, 6.07) is 12.2. The van der Waals surface area contributed by atoms with Gasteiger partial charge < -0.3 is 19.8 Å². The van der Waals surface area contributed by atoms with Crippen molar-refractivity contribution in [2.24, 2.45) is 0 Å². The number of fused-ring (bicyclic) bond motifs is 1. The lowest BCUT2D eigenvalue weighted by atomic mass is 10.1. The number of H-pyrrole nitrogens is 1. The number of hydrogen-bond donors (Lipinski definition) is 2.